The van der Waals surface area contributed by atoms with Crippen LogP contribution in [0.1, 0.15) is 30.8 Å². The second-order valence-electron chi connectivity index (χ2n) is 6.33. The standard InChI is InChI=1S/C21H21N3O4/c1-3-13-24-20(26)17-12-8-7-11-16(17)18(23-24)21(27)28-14(2)19(25)22-15-9-5-4-6-10-15/h4-12,14H,3,13H2,1-2H3,(H,22,25). The molecule has 28 heavy (non-hydrogen) atoms. The molecule has 1 atom stereocenters. The molecule has 7 nitrogen and oxygen atoms in total. The van der Waals surface area contributed by atoms with E-state index >= 15 is 0 Å². The number of para-hydroxylation sites is 1. The van der Waals surface area contributed by atoms with Crippen molar-refractivity contribution in [2.45, 2.75) is 32.9 Å². The molecule has 1 heterocycles. The third-order valence-electron chi connectivity index (χ3n) is 4.19. The summed E-state index contributed by atoms with van der Waals surface area (Å²) in [5.74, 6) is -1.21. The lowest BCUT2D eigenvalue weighted by atomic mass is 10.1. The Kier molecular flexibility index (Phi) is 5.84. The van der Waals surface area contributed by atoms with Crippen molar-refractivity contribution in [3.63, 3.8) is 0 Å². The first-order valence-electron chi connectivity index (χ1n) is 9.08. The van der Waals surface area contributed by atoms with Gasteiger partial charge in [-0.3, -0.25) is 9.59 Å². The highest BCUT2D eigenvalue weighted by Gasteiger charge is 2.23. The number of benzene rings is 2. The summed E-state index contributed by atoms with van der Waals surface area (Å²) < 4.78 is 6.58. The summed E-state index contributed by atoms with van der Waals surface area (Å²) in [5.41, 5.74) is 0.363. The lowest BCUT2D eigenvalue weighted by Crippen LogP contribution is -2.32. The molecule has 1 unspecified atom stereocenters. The van der Waals surface area contributed by atoms with Gasteiger partial charge in [0.25, 0.3) is 11.5 Å². The number of aryl methyl sites for hydroxylation is 1. The zero-order chi connectivity index (χ0) is 20.1. The SMILES string of the molecule is CCCn1nc(C(=O)OC(C)C(=O)Nc2ccccc2)c2ccccc2c1=O. The van der Waals surface area contributed by atoms with Crippen LogP contribution in [0.4, 0.5) is 5.69 Å². The average molecular weight is 379 g/mol. The number of carbonyl (C=O) groups is 2. The first-order chi connectivity index (χ1) is 13.5. The Balaban J connectivity index is 1.85. The number of rotatable bonds is 6. The number of hydrogen-bond acceptors (Lipinski definition) is 5. The maximum atomic E-state index is 12.7. The van der Waals surface area contributed by atoms with Crippen molar-refractivity contribution in [1.82, 2.24) is 9.78 Å². The van der Waals surface area contributed by atoms with Crippen LogP contribution in [0.5, 0.6) is 0 Å². The number of amides is 1. The molecule has 1 amide bonds. The van der Waals surface area contributed by atoms with Crippen molar-refractivity contribution in [3.05, 3.63) is 70.6 Å². The van der Waals surface area contributed by atoms with Gasteiger partial charge in [0.2, 0.25) is 0 Å². The number of nitrogens with one attached hydrogen (secondary N) is 1. The van der Waals surface area contributed by atoms with Gasteiger partial charge < -0.3 is 10.1 Å². The topological polar surface area (TPSA) is 90.3 Å². The van der Waals surface area contributed by atoms with E-state index in [4.69, 9.17) is 4.74 Å². The number of nitrogens with zero attached hydrogens (tertiary/aromatic N) is 2. The van der Waals surface area contributed by atoms with E-state index in [0.717, 1.165) is 0 Å². The molecule has 0 bridgehead atoms. The number of esters is 1. The molecule has 0 spiro atoms. The fraction of sp³-hybridized carbons (Fsp3) is 0.238. The molecule has 0 aliphatic carbocycles. The van der Waals surface area contributed by atoms with Gasteiger partial charge in [0.1, 0.15) is 0 Å². The largest absolute Gasteiger partial charge is 0.448 e. The van der Waals surface area contributed by atoms with E-state index in [0.29, 0.717) is 29.4 Å². The third-order valence-corrected chi connectivity index (χ3v) is 4.19. The summed E-state index contributed by atoms with van der Waals surface area (Å²) >= 11 is 0. The van der Waals surface area contributed by atoms with Crippen LogP contribution in [-0.4, -0.2) is 27.8 Å². The molecule has 7 heteroatoms. The molecule has 1 aromatic heterocycles. The molecule has 0 aliphatic heterocycles. The summed E-state index contributed by atoms with van der Waals surface area (Å²) in [6, 6.07) is 15.6. The average Bonchev–Trinajstić information content (AvgIpc) is 2.71. The van der Waals surface area contributed by atoms with E-state index in [1.165, 1.54) is 11.6 Å². The smallest absolute Gasteiger partial charge is 0.360 e. The van der Waals surface area contributed by atoms with E-state index in [1.54, 1.807) is 48.5 Å². The predicted octanol–water partition coefficient (Wildman–Crippen LogP) is 2.99. The predicted molar refractivity (Wildman–Crippen MR) is 106 cm³/mol. The van der Waals surface area contributed by atoms with Gasteiger partial charge in [-0.05, 0) is 31.5 Å². The van der Waals surface area contributed by atoms with Crippen molar-refractivity contribution >= 4 is 28.3 Å². The second-order valence-corrected chi connectivity index (χ2v) is 6.33. The van der Waals surface area contributed by atoms with E-state index in [1.807, 2.05) is 13.0 Å². The van der Waals surface area contributed by atoms with Crippen molar-refractivity contribution in [3.8, 4) is 0 Å². The molecule has 0 fully saturated rings. The molecule has 0 saturated carbocycles. The minimum absolute atomic E-state index is 0.0167. The fourth-order valence-corrected chi connectivity index (χ4v) is 2.78. The summed E-state index contributed by atoms with van der Waals surface area (Å²) in [7, 11) is 0. The van der Waals surface area contributed by atoms with Crippen molar-refractivity contribution in [2.24, 2.45) is 0 Å². The highest BCUT2D eigenvalue weighted by Crippen LogP contribution is 2.15. The highest BCUT2D eigenvalue weighted by atomic mass is 16.5. The molecule has 3 aromatic rings. The zero-order valence-corrected chi connectivity index (χ0v) is 15.7. The van der Waals surface area contributed by atoms with Crippen LogP contribution in [0.3, 0.4) is 0 Å². The molecule has 0 saturated heterocycles. The van der Waals surface area contributed by atoms with Crippen molar-refractivity contribution in [2.75, 3.05) is 5.32 Å². The van der Waals surface area contributed by atoms with Crippen molar-refractivity contribution in [1.29, 1.82) is 0 Å². The van der Waals surface area contributed by atoms with Gasteiger partial charge in [0.15, 0.2) is 11.8 Å². The molecular weight excluding hydrogens is 358 g/mol. The Morgan fingerprint density at radius 3 is 2.39 bits per heavy atom. The maximum Gasteiger partial charge on any atom is 0.360 e. The van der Waals surface area contributed by atoms with Gasteiger partial charge in [0, 0.05) is 17.6 Å². The van der Waals surface area contributed by atoms with Crippen LogP contribution >= 0.6 is 0 Å². The summed E-state index contributed by atoms with van der Waals surface area (Å²) in [6.07, 6.45) is -0.338. The lowest BCUT2D eigenvalue weighted by molar-refractivity contribution is -0.123. The molecule has 144 valence electrons. The Hall–Kier alpha value is -3.48. The van der Waals surface area contributed by atoms with E-state index in [2.05, 4.69) is 10.4 Å². The second kappa shape index (κ2) is 8.47. The van der Waals surface area contributed by atoms with Gasteiger partial charge in [0.05, 0.1) is 5.39 Å². The van der Waals surface area contributed by atoms with Crippen LogP contribution in [0.2, 0.25) is 0 Å². The van der Waals surface area contributed by atoms with Crippen LogP contribution < -0.4 is 10.9 Å². The van der Waals surface area contributed by atoms with Gasteiger partial charge in [-0.2, -0.15) is 5.10 Å². The monoisotopic (exact) mass is 379 g/mol. The van der Waals surface area contributed by atoms with E-state index < -0.39 is 18.0 Å². The Labute approximate surface area is 161 Å². The quantitative estimate of drug-likeness (QED) is 0.665. The van der Waals surface area contributed by atoms with Crippen LogP contribution in [0.25, 0.3) is 10.8 Å². The molecule has 1 N–H and O–H groups in total. The van der Waals surface area contributed by atoms with Gasteiger partial charge in [-0.1, -0.05) is 43.3 Å². The first kappa shape index (κ1) is 19.3. The molecule has 3 rings (SSSR count). The number of hydrogen-bond donors (Lipinski definition) is 1. The number of aromatic nitrogens is 2. The molecule has 2 aromatic carbocycles. The lowest BCUT2D eigenvalue weighted by Gasteiger charge is -2.15. The highest BCUT2D eigenvalue weighted by molar-refractivity contribution is 6.03. The number of fused-ring (bicyclic) bond motifs is 1. The minimum atomic E-state index is -1.03. The van der Waals surface area contributed by atoms with Gasteiger partial charge >= 0.3 is 5.97 Å². The van der Waals surface area contributed by atoms with Crippen LogP contribution in [0.15, 0.2) is 59.4 Å². The summed E-state index contributed by atoms with van der Waals surface area (Å²) in [4.78, 5) is 37.5. The minimum Gasteiger partial charge on any atom is -0.448 e. The summed E-state index contributed by atoms with van der Waals surface area (Å²) in [5, 5.41) is 7.66. The Bertz CT molecular complexity index is 1060. The zero-order valence-electron chi connectivity index (χ0n) is 15.7. The van der Waals surface area contributed by atoms with E-state index in [-0.39, 0.29) is 11.3 Å². The Morgan fingerprint density at radius 1 is 1.07 bits per heavy atom. The normalized spacial score (nSPS) is 11.8. The molecule has 0 aliphatic rings. The molecular formula is C21H21N3O4. The van der Waals surface area contributed by atoms with E-state index in [9.17, 15) is 14.4 Å². The van der Waals surface area contributed by atoms with Crippen molar-refractivity contribution < 1.29 is 14.3 Å². The van der Waals surface area contributed by atoms with Gasteiger partial charge in [-0.25, -0.2) is 9.48 Å². The van der Waals surface area contributed by atoms with Crippen LogP contribution in [0, 0.1) is 0 Å². The third kappa shape index (κ3) is 4.09. The maximum absolute atomic E-state index is 12.7. The number of carbonyl (C=O) groups excluding carboxylic acids is 2. The molecule has 0 radical (unpaired) electrons. The number of anilines is 1. The fourth-order valence-electron chi connectivity index (χ4n) is 2.78. The Morgan fingerprint density at radius 2 is 1.71 bits per heavy atom. The van der Waals surface area contributed by atoms with Gasteiger partial charge in [-0.15, -0.1) is 0 Å². The summed E-state index contributed by atoms with van der Waals surface area (Å²) in [6.45, 7) is 3.78. The number of ether oxygens (including phenoxy) is 1. The van der Waals surface area contributed by atoms with Crippen LogP contribution in [-0.2, 0) is 16.1 Å². The first-order valence-corrected chi connectivity index (χ1v) is 9.08.